The minimum Gasteiger partial charge on any atom is -0.309 e. The summed E-state index contributed by atoms with van der Waals surface area (Å²) in [5.74, 6) is -0.274. The first-order chi connectivity index (χ1) is 7.27. The van der Waals surface area contributed by atoms with E-state index in [0.29, 0.717) is 0 Å². The van der Waals surface area contributed by atoms with Gasteiger partial charge in [0.15, 0.2) is 0 Å². The van der Waals surface area contributed by atoms with Crippen LogP contribution in [0.15, 0.2) is 18.3 Å². The Kier molecular flexibility index (Phi) is 5.26. The largest absolute Gasteiger partial charge is 0.309 e. The Morgan fingerprint density at radius 2 is 2.13 bits per heavy atom. The molecule has 0 saturated carbocycles. The summed E-state index contributed by atoms with van der Waals surface area (Å²) in [6.07, 6.45) is 4.52. The highest BCUT2D eigenvalue weighted by molar-refractivity contribution is 5.09. The minimum absolute atomic E-state index is 0.260. The molecule has 0 aliphatic heterocycles. The maximum absolute atomic E-state index is 12.7. The van der Waals surface area contributed by atoms with Crippen molar-refractivity contribution in [2.24, 2.45) is 0 Å². The van der Waals surface area contributed by atoms with E-state index in [9.17, 15) is 4.39 Å². The summed E-state index contributed by atoms with van der Waals surface area (Å²) in [5.41, 5.74) is 0.937. The molecule has 1 aromatic rings. The molecule has 3 heteroatoms. The van der Waals surface area contributed by atoms with E-state index in [1.807, 2.05) is 0 Å². The summed E-state index contributed by atoms with van der Waals surface area (Å²) in [6, 6.07) is 3.49. The second kappa shape index (κ2) is 6.51. The molecule has 1 rings (SSSR count). The highest BCUT2D eigenvalue weighted by atomic mass is 19.1. The molecule has 2 nitrogen and oxygen atoms in total. The van der Waals surface area contributed by atoms with Crippen LogP contribution in [0.5, 0.6) is 0 Å². The van der Waals surface area contributed by atoms with Crippen LogP contribution in [-0.4, -0.2) is 11.5 Å². The van der Waals surface area contributed by atoms with Gasteiger partial charge >= 0.3 is 0 Å². The van der Waals surface area contributed by atoms with Gasteiger partial charge in [-0.15, -0.1) is 0 Å². The lowest BCUT2D eigenvalue weighted by atomic mass is 10.1. The average Bonchev–Trinajstić information content (AvgIpc) is 2.25. The van der Waals surface area contributed by atoms with Crippen LogP contribution >= 0.6 is 0 Å². The van der Waals surface area contributed by atoms with E-state index in [0.717, 1.165) is 31.5 Å². The van der Waals surface area contributed by atoms with Crippen molar-refractivity contribution in [3.63, 3.8) is 0 Å². The standard InChI is InChI=1S/C12H19FN2/c1-3-5-11(14-8-4-2)12-7-6-10(13)9-15-12/h6-7,9,11,14H,3-5,8H2,1-2H3. The van der Waals surface area contributed by atoms with E-state index in [1.165, 1.54) is 12.3 Å². The average molecular weight is 210 g/mol. The molecule has 0 saturated heterocycles. The van der Waals surface area contributed by atoms with Crippen LogP contribution in [0.4, 0.5) is 4.39 Å². The first kappa shape index (κ1) is 12.1. The third-order valence-corrected chi connectivity index (χ3v) is 2.33. The number of nitrogens with one attached hydrogen (secondary N) is 1. The molecule has 0 aliphatic rings. The third-order valence-electron chi connectivity index (χ3n) is 2.33. The Morgan fingerprint density at radius 3 is 2.67 bits per heavy atom. The predicted molar refractivity (Wildman–Crippen MR) is 60.1 cm³/mol. The number of aromatic nitrogens is 1. The molecule has 1 N–H and O–H groups in total. The molecule has 0 aromatic carbocycles. The molecular formula is C12H19FN2. The summed E-state index contributed by atoms with van der Waals surface area (Å²) < 4.78 is 12.7. The van der Waals surface area contributed by atoms with Crippen molar-refractivity contribution >= 4 is 0 Å². The molecule has 84 valence electrons. The molecule has 0 spiro atoms. The van der Waals surface area contributed by atoms with Gasteiger partial charge in [0, 0.05) is 6.04 Å². The number of pyridine rings is 1. The molecule has 0 fully saturated rings. The summed E-state index contributed by atoms with van der Waals surface area (Å²) >= 11 is 0. The molecule has 0 aliphatic carbocycles. The smallest absolute Gasteiger partial charge is 0.141 e. The van der Waals surface area contributed by atoms with Gasteiger partial charge in [0.2, 0.25) is 0 Å². The first-order valence-corrected chi connectivity index (χ1v) is 5.62. The Bertz CT molecular complexity index is 271. The van der Waals surface area contributed by atoms with Crippen molar-refractivity contribution in [1.29, 1.82) is 0 Å². The predicted octanol–water partition coefficient (Wildman–Crippen LogP) is 3.06. The van der Waals surface area contributed by atoms with Gasteiger partial charge in [-0.1, -0.05) is 20.3 Å². The summed E-state index contributed by atoms with van der Waals surface area (Å²) in [6.45, 7) is 5.25. The molecular weight excluding hydrogens is 191 g/mol. The van der Waals surface area contributed by atoms with E-state index in [4.69, 9.17) is 0 Å². The van der Waals surface area contributed by atoms with Gasteiger partial charge in [0.1, 0.15) is 5.82 Å². The van der Waals surface area contributed by atoms with Crippen molar-refractivity contribution in [3.05, 3.63) is 29.8 Å². The fourth-order valence-electron chi connectivity index (χ4n) is 1.56. The lowest BCUT2D eigenvalue weighted by Gasteiger charge is -2.16. The number of hydrogen-bond donors (Lipinski definition) is 1. The van der Waals surface area contributed by atoms with Gasteiger partial charge in [0.05, 0.1) is 11.9 Å². The quantitative estimate of drug-likeness (QED) is 0.780. The Labute approximate surface area is 90.9 Å². The molecule has 0 amide bonds. The number of halogens is 1. The molecule has 1 atom stereocenters. The maximum atomic E-state index is 12.7. The van der Waals surface area contributed by atoms with E-state index in [2.05, 4.69) is 24.1 Å². The molecule has 15 heavy (non-hydrogen) atoms. The molecule has 1 aromatic heterocycles. The first-order valence-electron chi connectivity index (χ1n) is 5.62. The van der Waals surface area contributed by atoms with Gasteiger partial charge in [-0.25, -0.2) is 4.39 Å². The van der Waals surface area contributed by atoms with Crippen molar-refractivity contribution < 1.29 is 4.39 Å². The van der Waals surface area contributed by atoms with Crippen molar-refractivity contribution in [1.82, 2.24) is 10.3 Å². The van der Waals surface area contributed by atoms with Crippen LogP contribution in [0.1, 0.15) is 44.8 Å². The fourth-order valence-corrected chi connectivity index (χ4v) is 1.56. The zero-order valence-electron chi connectivity index (χ0n) is 9.46. The highest BCUT2D eigenvalue weighted by Crippen LogP contribution is 2.16. The van der Waals surface area contributed by atoms with Crippen LogP contribution in [0.3, 0.4) is 0 Å². The van der Waals surface area contributed by atoms with Crippen LogP contribution < -0.4 is 5.32 Å². The van der Waals surface area contributed by atoms with Gasteiger partial charge in [-0.05, 0) is 31.5 Å². The monoisotopic (exact) mass is 210 g/mol. The number of nitrogens with zero attached hydrogens (tertiary/aromatic N) is 1. The van der Waals surface area contributed by atoms with Crippen molar-refractivity contribution in [2.45, 2.75) is 39.2 Å². The zero-order valence-corrected chi connectivity index (χ0v) is 9.46. The zero-order chi connectivity index (χ0) is 11.1. The van der Waals surface area contributed by atoms with Crippen LogP contribution in [0.25, 0.3) is 0 Å². The Hall–Kier alpha value is -0.960. The topological polar surface area (TPSA) is 24.9 Å². The van der Waals surface area contributed by atoms with E-state index < -0.39 is 0 Å². The number of hydrogen-bond acceptors (Lipinski definition) is 2. The normalized spacial score (nSPS) is 12.7. The van der Waals surface area contributed by atoms with E-state index >= 15 is 0 Å². The van der Waals surface area contributed by atoms with E-state index in [1.54, 1.807) is 6.07 Å². The SMILES string of the molecule is CCCNC(CCC)c1ccc(F)cn1. The molecule has 1 heterocycles. The second-order valence-corrected chi connectivity index (χ2v) is 3.70. The molecule has 0 radical (unpaired) electrons. The van der Waals surface area contributed by atoms with Crippen molar-refractivity contribution in [2.75, 3.05) is 6.54 Å². The van der Waals surface area contributed by atoms with Gasteiger partial charge < -0.3 is 5.32 Å². The Balaban J connectivity index is 2.65. The van der Waals surface area contributed by atoms with E-state index in [-0.39, 0.29) is 11.9 Å². The van der Waals surface area contributed by atoms with Gasteiger partial charge in [0.25, 0.3) is 0 Å². The summed E-state index contributed by atoms with van der Waals surface area (Å²) in [7, 11) is 0. The van der Waals surface area contributed by atoms with Gasteiger partial charge in [-0.2, -0.15) is 0 Å². The van der Waals surface area contributed by atoms with Gasteiger partial charge in [-0.3, -0.25) is 4.98 Å². The maximum Gasteiger partial charge on any atom is 0.141 e. The summed E-state index contributed by atoms with van der Waals surface area (Å²) in [4.78, 5) is 4.11. The van der Waals surface area contributed by atoms with Crippen LogP contribution in [0.2, 0.25) is 0 Å². The van der Waals surface area contributed by atoms with Crippen LogP contribution in [0, 0.1) is 5.82 Å². The summed E-state index contributed by atoms with van der Waals surface area (Å²) in [5, 5.41) is 3.42. The Morgan fingerprint density at radius 1 is 1.33 bits per heavy atom. The highest BCUT2D eigenvalue weighted by Gasteiger charge is 2.10. The van der Waals surface area contributed by atoms with Crippen molar-refractivity contribution in [3.8, 4) is 0 Å². The lowest BCUT2D eigenvalue weighted by molar-refractivity contribution is 0.481. The number of rotatable bonds is 6. The fraction of sp³-hybridized carbons (Fsp3) is 0.583. The molecule has 1 unspecified atom stereocenters. The van der Waals surface area contributed by atoms with Crippen LogP contribution in [-0.2, 0) is 0 Å². The second-order valence-electron chi connectivity index (χ2n) is 3.70. The minimum atomic E-state index is -0.274. The lowest BCUT2D eigenvalue weighted by Crippen LogP contribution is -2.22. The molecule has 0 bridgehead atoms. The third kappa shape index (κ3) is 3.96.